The molecule has 3 aromatic rings. The largest absolute Gasteiger partial charge is 0.358 e. The Labute approximate surface area is 221 Å². The molecule has 0 spiro atoms. The molecule has 1 heterocycles. The highest BCUT2D eigenvalue weighted by atomic mass is 16.2. The molecule has 6 heteroatoms. The molecule has 2 atom stereocenters. The third-order valence-corrected chi connectivity index (χ3v) is 7.44. The Kier molecular flexibility index (Phi) is 10.1. The Morgan fingerprint density at radius 2 is 1.84 bits per heavy atom. The molecule has 0 saturated carbocycles. The van der Waals surface area contributed by atoms with Crippen molar-refractivity contribution >= 4 is 16.9 Å². The molecule has 4 rings (SSSR count). The van der Waals surface area contributed by atoms with Gasteiger partial charge in [-0.3, -0.25) is 13.9 Å². The fraction of sp³-hybridized carbons (Fsp3) is 0.516. The number of amides is 1. The van der Waals surface area contributed by atoms with Gasteiger partial charge in [-0.05, 0) is 79.7 Å². The molecule has 1 aliphatic carbocycles. The SMILES string of the molecule is CC1CCCc2c(C#N)cccc21.CCCC(CCC(C)C)n1c(=O)n(CC(=O)NC)c2ccccc21. The molecule has 0 radical (unpaired) electrons. The van der Waals surface area contributed by atoms with Gasteiger partial charge in [0.05, 0.1) is 22.7 Å². The van der Waals surface area contributed by atoms with Gasteiger partial charge in [-0.15, -0.1) is 0 Å². The Bertz CT molecular complexity index is 1290. The average molecular weight is 503 g/mol. The number of para-hydroxylation sites is 2. The van der Waals surface area contributed by atoms with Crippen LogP contribution in [0.25, 0.3) is 11.0 Å². The smallest absolute Gasteiger partial charge is 0.329 e. The van der Waals surface area contributed by atoms with Crippen molar-refractivity contribution < 1.29 is 4.79 Å². The summed E-state index contributed by atoms with van der Waals surface area (Å²) >= 11 is 0. The van der Waals surface area contributed by atoms with Crippen molar-refractivity contribution in [3.63, 3.8) is 0 Å². The van der Waals surface area contributed by atoms with E-state index < -0.39 is 0 Å². The second-order valence-electron chi connectivity index (χ2n) is 10.6. The first-order chi connectivity index (χ1) is 17.8. The van der Waals surface area contributed by atoms with Gasteiger partial charge in [-0.1, -0.05) is 58.4 Å². The number of aromatic nitrogens is 2. The number of carbonyl (C=O) groups excluding carboxylic acids is 1. The minimum absolute atomic E-state index is 0.0614. The molecule has 6 nitrogen and oxygen atoms in total. The van der Waals surface area contributed by atoms with Crippen molar-refractivity contribution in [3.05, 3.63) is 69.6 Å². The second-order valence-corrected chi connectivity index (χ2v) is 10.6. The van der Waals surface area contributed by atoms with Crippen LogP contribution in [-0.4, -0.2) is 22.1 Å². The lowest BCUT2D eigenvalue weighted by Crippen LogP contribution is -2.32. The van der Waals surface area contributed by atoms with Crippen LogP contribution in [0, 0.1) is 17.2 Å². The topological polar surface area (TPSA) is 79.8 Å². The molecule has 0 bridgehead atoms. The predicted octanol–water partition coefficient (Wildman–Crippen LogP) is 6.32. The molecule has 37 heavy (non-hydrogen) atoms. The summed E-state index contributed by atoms with van der Waals surface area (Å²) in [6.07, 6.45) is 7.66. The van der Waals surface area contributed by atoms with Crippen molar-refractivity contribution in [1.82, 2.24) is 14.5 Å². The molecular weight excluding hydrogens is 460 g/mol. The Morgan fingerprint density at radius 1 is 1.11 bits per heavy atom. The van der Waals surface area contributed by atoms with Gasteiger partial charge < -0.3 is 5.32 Å². The zero-order valence-corrected chi connectivity index (χ0v) is 23.1. The first-order valence-corrected chi connectivity index (χ1v) is 13.7. The van der Waals surface area contributed by atoms with Crippen LogP contribution in [0.4, 0.5) is 0 Å². The molecule has 1 aromatic heterocycles. The van der Waals surface area contributed by atoms with Crippen molar-refractivity contribution in [3.8, 4) is 6.07 Å². The molecule has 2 aromatic carbocycles. The maximum absolute atomic E-state index is 13.0. The third kappa shape index (κ3) is 6.71. The molecule has 198 valence electrons. The number of nitrogens with one attached hydrogen (secondary N) is 1. The highest BCUT2D eigenvalue weighted by Gasteiger charge is 2.21. The lowest BCUT2D eigenvalue weighted by Gasteiger charge is -2.22. The van der Waals surface area contributed by atoms with Crippen molar-refractivity contribution in [2.24, 2.45) is 5.92 Å². The molecular formula is C31H42N4O2. The monoisotopic (exact) mass is 502 g/mol. The van der Waals surface area contributed by atoms with Crippen LogP contribution < -0.4 is 11.0 Å². The molecule has 0 saturated heterocycles. The number of fused-ring (bicyclic) bond motifs is 2. The molecule has 1 N–H and O–H groups in total. The quantitative estimate of drug-likeness (QED) is 0.391. The van der Waals surface area contributed by atoms with E-state index in [1.165, 1.54) is 24.0 Å². The lowest BCUT2D eigenvalue weighted by atomic mass is 9.82. The predicted molar refractivity (Wildman–Crippen MR) is 151 cm³/mol. The van der Waals surface area contributed by atoms with E-state index in [-0.39, 0.29) is 24.2 Å². The Hall–Kier alpha value is -3.33. The normalized spacial score (nSPS) is 15.4. The van der Waals surface area contributed by atoms with Crippen LogP contribution in [0.3, 0.4) is 0 Å². The van der Waals surface area contributed by atoms with Crippen molar-refractivity contribution in [2.45, 2.75) is 91.1 Å². The number of hydrogen-bond acceptors (Lipinski definition) is 3. The summed E-state index contributed by atoms with van der Waals surface area (Å²) in [7, 11) is 1.59. The van der Waals surface area contributed by atoms with Gasteiger partial charge in [-0.25, -0.2) is 4.79 Å². The number of nitriles is 1. The van der Waals surface area contributed by atoms with E-state index in [1.54, 1.807) is 11.6 Å². The first kappa shape index (κ1) is 28.2. The van der Waals surface area contributed by atoms with Crippen LogP contribution in [0.2, 0.25) is 0 Å². The van der Waals surface area contributed by atoms with E-state index in [9.17, 15) is 9.59 Å². The summed E-state index contributed by atoms with van der Waals surface area (Å²) in [6, 6.07) is 16.3. The minimum atomic E-state index is -0.158. The maximum atomic E-state index is 13.0. The van der Waals surface area contributed by atoms with Crippen LogP contribution in [0.1, 0.15) is 94.9 Å². The van der Waals surface area contributed by atoms with E-state index in [2.05, 4.69) is 45.1 Å². The third-order valence-electron chi connectivity index (χ3n) is 7.44. The minimum Gasteiger partial charge on any atom is -0.358 e. The van der Waals surface area contributed by atoms with Gasteiger partial charge in [-0.2, -0.15) is 5.26 Å². The summed E-state index contributed by atoms with van der Waals surface area (Å²) < 4.78 is 3.50. The van der Waals surface area contributed by atoms with E-state index in [0.29, 0.717) is 11.8 Å². The second kappa shape index (κ2) is 13.3. The van der Waals surface area contributed by atoms with Gasteiger partial charge in [0.15, 0.2) is 0 Å². The summed E-state index contributed by atoms with van der Waals surface area (Å²) in [5.74, 6) is 1.09. The van der Waals surface area contributed by atoms with Gasteiger partial charge >= 0.3 is 5.69 Å². The molecule has 0 aliphatic heterocycles. The summed E-state index contributed by atoms with van der Waals surface area (Å²) in [6.45, 7) is 8.88. The van der Waals surface area contributed by atoms with Gasteiger partial charge in [0.25, 0.3) is 0 Å². The van der Waals surface area contributed by atoms with Crippen LogP contribution in [0.15, 0.2) is 47.3 Å². The van der Waals surface area contributed by atoms with Crippen molar-refractivity contribution in [2.75, 3.05) is 7.05 Å². The van der Waals surface area contributed by atoms with Crippen molar-refractivity contribution in [1.29, 1.82) is 5.26 Å². The van der Waals surface area contributed by atoms with Gasteiger partial charge in [0.1, 0.15) is 6.54 Å². The van der Waals surface area contributed by atoms with Gasteiger partial charge in [0.2, 0.25) is 5.91 Å². The summed E-state index contributed by atoms with van der Waals surface area (Å²) in [4.78, 5) is 24.9. The highest BCUT2D eigenvalue weighted by molar-refractivity contribution is 5.80. The van der Waals surface area contributed by atoms with Crippen LogP contribution in [-0.2, 0) is 17.8 Å². The van der Waals surface area contributed by atoms with E-state index in [1.807, 2.05) is 41.0 Å². The number of imidazole rings is 1. The number of nitrogens with zero attached hydrogens (tertiary/aromatic N) is 3. The molecule has 0 fully saturated rings. The number of likely N-dealkylation sites (N-methyl/N-ethyl adjacent to an activating group) is 1. The highest BCUT2D eigenvalue weighted by Crippen LogP contribution is 2.32. The molecule has 1 amide bonds. The van der Waals surface area contributed by atoms with E-state index >= 15 is 0 Å². The van der Waals surface area contributed by atoms with Crippen LogP contribution >= 0.6 is 0 Å². The Balaban J connectivity index is 0.000000244. The number of benzene rings is 2. The Morgan fingerprint density at radius 3 is 2.49 bits per heavy atom. The number of rotatable bonds is 8. The maximum Gasteiger partial charge on any atom is 0.329 e. The lowest BCUT2D eigenvalue weighted by molar-refractivity contribution is -0.121. The average Bonchev–Trinajstić information content (AvgIpc) is 3.17. The molecule has 2 unspecified atom stereocenters. The number of hydrogen-bond donors (Lipinski definition) is 1. The van der Waals surface area contributed by atoms with Crippen LogP contribution in [0.5, 0.6) is 0 Å². The zero-order chi connectivity index (χ0) is 26.9. The fourth-order valence-corrected chi connectivity index (χ4v) is 5.41. The fourth-order valence-electron chi connectivity index (χ4n) is 5.41. The van der Waals surface area contributed by atoms with Gasteiger partial charge in [0, 0.05) is 13.1 Å². The summed E-state index contributed by atoms with van der Waals surface area (Å²) in [5, 5.41) is 11.5. The first-order valence-electron chi connectivity index (χ1n) is 13.7. The zero-order valence-electron chi connectivity index (χ0n) is 23.1. The van der Waals surface area contributed by atoms with E-state index in [4.69, 9.17) is 5.26 Å². The summed E-state index contributed by atoms with van der Waals surface area (Å²) in [5.41, 5.74) is 5.24. The molecule has 1 aliphatic rings. The standard InChI is InChI=1S/C19H29N3O2.C12H13N/c1-5-8-15(12-11-14(2)3)22-17-10-7-6-9-16(17)21(19(22)24)13-18(23)20-4;1-9-4-2-7-12-10(8-13)5-3-6-11(9)12/h6-7,9-10,14-15H,5,8,11-13H2,1-4H3,(H,20,23);3,5-6,9H,2,4,7H2,1H3. The number of carbonyl (C=O) groups is 1. The van der Waals surface area contributed by atoms with E-state index in [0.717, 1.165) is 48.7 Å².